The monoisotopic (exact) mass is 278 g/mol. The van der Waals surface area contributed by atoms with Gasteiger partial charge in [0.15, 0.2) is 5.84 Å². The highest BCUT2D eigenvalue weighted by atomic mass is 16.5. The van der Waals surface area contributed by atoms with Gasteiger partial charge in [-0.3, -0.25) is 9.78 Å². The molecule has 0 aliphatic carbocycles. The molecule has 2 atom stereocenters. The number of hydrogen-bond donors (Lipinski definition) is 2. The summed E-state index contributed by atoms with van der Waals surface area (Å²) in [5.41, 5.74) is 6.25. The van der Waals surface area contributed by atoms with Gasteiger partial charge in [-0.15, -0.1) is 0 Å². The molecule has 108 valence electrons. The topological polar surface area (TPSA) is 101 Å². The largest absolute Gasteiger partial charge is 0.409 e. The molecule has 1 amide bonds. The molecule has 1 saturated heterocycles. The SMILES string of the molecule is CC1CN(C(=O)c2ccc(C(N)=NO)cn2)C(C)CO1. The Bertz CT molecular complexity index is 515. The fraction of sp³-hybridized carbons (Fsp3) is 0.462. The number of carbonyl (C=O) groups is 1. The maximum Gasteiger partial charge on any atom is 0.272 e. The summed E-state index contributed by atoms with van der Waals surface area (Å²) >= 11 is 0. The van der Waals surface area contributed by atoms with Crippen molar-refractivity contribution in [3.05, 3.63) is 29.6 Å². The van der Waals surface area contributed by atoms with Crippen molar-refractivity contribution < 1.29 is 14.7 Å². The van der Waals surface area contributed by atoms with Crippen LogP contribution in [0, 0.1) is 0 Å². The van der Waals surface area contributed by atoms with Gasteiger partial charge in [-0.25, -0.2) is 0 Å². The van der Waals surface area contributed by atoms with E-state index in [-0.39, 0.29) is 23.9 Å². The normalized spacial score (nSPS) is 23.7. The maximum absolute atomic E-state index is 12.4. The van der Waals surface area contributed by atoms with E-state index in [9.17, 15) is 4.79 Å². The van der Waals surface area contributed by atoms with Gasteiger partial charge in [0.2, 0.25) is 0 Å². The molecule has 7 heteroatoms. The Kier molecular flexibility index (Phi) is 4.19. The van der Waals surface area contributed by atoms with Crippen molar-refractivity contribution in [2.24, 2.45) is 10.9 Å². The van der Waals surface area contributed by atoms with Gasteiger partial charge in [0.05, 0.1) is 18.8 Å². The summed E-state index contributed by atoms with van der Waals surface area (Å²) in [4.78, 5) is 18.2. The van der Waals surface area contributed by atoms with Crippen LogP contribution in [-0.2, 0) is 4.74 Å². The lowest BCUT2D eigenvalue weighted by atomic mass is 10.1. The lowest BCUT2D eigenvalue weighted by Crippen LogP contribution is -2.50. The van der Waals surface area contributed by atoms with Crippen LogP contribution in [0.4, 0.5) is 0 Å². The van der Waals surface area contributed by atoms with Crippen molar-refractivity contribution >= 4 is 11.7 Å². The standard InChI is InChI=1S/C13H18N4O3/c1-8-7-20-9(2)6-17(8)13(18)11-4-3-10(5-15-11)12(14)16-19/h3-5,8-9,19H,6-7H2,1-2H3,(H2,14,16). The first-order valence-corrected chi connectivity index (χ1v) is 6.39. The Morgan fingerprint density at radius 2 is 2.30 bits per heavy atom. The van der Waals surface area contributed by atoms with Gasteiger partial charge in [-0.05, 0) is 26.0 Å². The molecule has 0 spiro atoms. The van der Waals surface area contributed by atoms with Crippen LogP contribution in [0.1, 0.15) is 29.9 Å². The molecular formula is C13H18N4O3. The highest BCUT2D eigenvalue weighted by Crippen LogP contribution is 2.14. The van der Waals surface area contributed by atoms with E-state index in [1.807, 2.05) is 13.8 Å². The van der Waals surface area contributed by atoms with Crippen LogP contribution in [0.15, 0.2) is 23.5 Å². The summed E-state index contributed by atoms with van der Waals surface area (Å²) in [6.45, 7) is 4.94. The van der Waals surface area contributed by atoms with Crippen LogP contribution in [-0.4, -0.2) is 52.1 Å². The Morgan fingerprint density at radius 3 is 2.90 bits per heavy atom. The second-order valence-corrected chi connectivity index (χ2v) is 4.87. The van der Waals surface area contributed by atoms with Gasteiger partial charge in [-0.2, -0.15) is 0 Å². The number of rotatable bonds is 2. The average molecular weight is 278 g/mol. The van der Waals surface area contributed by atoms with E-state index in [4.69, 9.17) is 15.7 Å². The second-order valence-electron chi connectivity index (χ2n) is 4.87. The van der Waals surface area contributed by atoms with Crippen molar-refractivity contribution in [3.63, 3.8) is 0 Å². The van der Waals surface area contributed by atoms with Gasteiger partial charge < -0.3 is 20.6 Å². The number of amidine groups is 1. The number of carbonyl (C=O) groups excluding carboxylic acids is 1. The van der Waals surface area contributed by atoms with Gasteiger partial charge >= 0.3 is 0 Å². The van der Waals surface area contributed by atoms with Crippen molar-refractivity contribution in [2.45, 2.75) is 26.0 Å². The minimum Gasteiger partial charge on any atom is -0.409 e. The zero-order valence-electron chi connectivity index (χ0n) is 11.5. The van der Waals surface area contributed by atoms with Crippen LogP contribution in [0.2, 0.25) is 0 Å². The summed E-state index contributed by atoms with van der Waals surface area (Å²) in [6, 6.07) is 3.19. The first-order chi connectivity index (χ1) is 9.52. The number of ether oxygens (including phenoxy) is 1. The van der Waals surface area contributed by atoms with Gasteiger partial charge in [0.1, 0.15) is 5.69 Å². The molecule has 2 heterocycles. The van der Waals surface area contributed by atoms with Crippen LogP contribution < -0.4 is 5.73 Å². The van der Waals surface area contributed by atoms with Gasteiger partial charge in [0, 0.05) is 18.3 Å². The van der Waals surface area contributed by atoms with Crippen molar-refractivity contribution in [1.82, 2.24) is 9.88 Å². The second kappa shape index (κ2) is 5.87. The Balaban J connectivity index is 2.16. The summed E-state index contributed by atoms with van der Waals surface area (Å²) < 4.78 is 5.50. The van der Waals surface area contributed by atoms with Crippen LogP contribution in [0.3, 0.4) is 0 Å². The minimum absolute atomic E-state index is 0.0178. The molecule has 1 aromatic rings. The number of amides is 1. The summed E-state index contributed by atoms with van der Waals surface area (Å²) in [5.74, 6) is -0.177. The predicted octanol–water partition coefficient (Wildman–Crippen LogP) is 0.425. The number of morpholine rings is 1. The van der Waals surface area contributed by atoms with Gasteiger partial charge in [0.25, 0.3) is 5.91 Å². The minimum atomic E-state index is -0.140. The lowest BCUT2D eigenvalue weighted by Gasteiger charge is -2.36. The molecule has 20 heavy (non-hydrogen) atoms. The summed E-state index contributed by atoms with van der Waals surface area (Å²) in [5, 5.41) is 11.5. The number of hydrogen-bond acceptors (Lipinski definition) is 5. The summed E-state index contributed by atoms with van der Waals surface area (Å²) in [7, 11) is 0. The van der Waals surface area contributed by atoms with E-state index in [1.165, 1.54) is 6.20 Å². The highest BCUT2D eigenvalue weighted by molar-refractivity contribution is 5.98. The number of aromatic nitrogens is 1. The molecule has 1 aromatic heterocycles. The van der Waals surface area contributed by atoms with Crippen molar-refractivity contribution in [3.8, 4) is 0 Å². The predicted molar refractivity (Wildman–Crippen MR) is 72.7 cm³/mol. The third-order valence-corrected chi connectivity index (χ3v) is 3.25. The fourth-order valence-corrected chi connectivity index (χ4v) is 2.06. The quantitative estimate of drug-likeness (QED) is 0.353. The van der Waals surface area contributed by atoms with E-state index >= 15 is 0 Å². The number of oxime groups is 1. The highest BCUT2D eigenvalue weighted by Gasteiger charge is 2.28. The molecule has 2 unspecified atom stereocenters. The molecular weight excluding hydrogens is 260 g/mol. The molecule has 3 N–H and O–H groups in total. The molecule has 0 aromatic carbocycles. The Labute approximate surface area is 117 Å². The Morgan fingerprint density at radius 1 is 1.55 bits per heavy atom. The van der Waals surface area contributed by atoms with E-state index < -0.39 is 0 Å². The smallest absolute Gasteiger partial charge is 0.272 e. The van der Waals surface area contributed by atoms with Crippen molar-refractivity contribution in [1.29, 1.82) is 0 Å². The molecule has 0 saturated carbocycles. The van der Waals surface area contributed by atoms with Crippen LogP contribution >= 0.6 is 0 Å². The molecule has 7 nitrogen and oxygen atoms in total. The molecule has 1 aliphatic rings. The molecule has 0 radical (unpaired) electrons. The molecule has 1 fully saturated rings. The van der Waals surface area contributed by atoms with E-state index in [1.54, 1.807) is 17.0 Å². The zero-order valence-corrected chi connectivity index (χ0v) is 11.5. The summed E-state index contributed by atoms with van der Waals surface area (Å²) in [6.07, 6.45) is 1.43. The molecule has 1 aliphatic heterocycles. The van der Waals surface area contributed by atoms with Crippen molar-refractivity contribution in [2.75, 3.05) is 13.2 Å². The fourth-order valence-electron chi connectivity index (χ4n) is 2.06. The number of nitrogens with zero attached hydrogens (tertiary/aromatic N) is 3. The van der Waals surface area contributed by atoms with Crippen LogP contribution in [0.5, 0.6) is 0 Å². The Hall–Kier alpha value is -2.15. The zero-order chi connectivity index (χ0) is 14.7. The third kappa shape index (κ3) is 2.88. The first kappa shape index (κ1) is 14.3. The molecule has 2 rings (SSSR count). The molecule has 0 bridgehead atoms. The first-order valence-electron chi connectivity index (χ1n) is 6.39. The number of pyridine rings is 1. The van der Waals surface area contributed by atoms with E-state index in [2.05, 4.69) is 10.1 Å². The average Bonchev–Trinajstić information content (AvgIpc) is 2.48. The van der Waals surface area contributed by atoms with Crippen LogP contribution in [0.25, 0.3) is 0 Å². The maximum atomic E-state index is 12.4. The number of nitrogens with two attached hydrogens (primary N) is 1. The third-order valence-electron chi connectivity index (χ3n) is 3.25. The lowest BCUT2D eigenvalue weighted by molar-refractivity contribution is -0.0389. The van der Waals surface area contributed by atoms with E-state index in [0.717, 1.165) is 0 Å². The van der Waals surface area contributed by atoms with Gasteiger partial charge in [-0.1, -0.05) is 5.16 Å². The van der Waals surface area contributed by atoms with E-state index in [0.29, 0.717) is 24.4 Å².